The van der Waals surface area contributed by atoms with Crippen LogP contribution in [-0.4, -0.2) is 25.1 Å². The minimum Gasteiger partial charge on any atom is -0.309 e. The summed E-state index contributed by atoms with van der Waals surface area (Å²) in [5, 5.41) is 3.01. The Morgan fingerprint density at radius 3 is 3.20 bits per heavy atom. The highest BCUT2D eigenvalue weighted by molar-refractivity contribution is 7.99. The Balaban J connectivity index is 2.17. The predicted molar refractivity (Wildman–Crippen MR) is 47.1 cm³/mol. The molecule has 0 saturated carbocycles. The van der Waals surface area contributed by atoms with Crippen molar-refractivity contribution in [3.63, 3.8) is 0 Å². The Kier molecular flexibility index (Phi) is 3.71. The van der Waals surface area contributed by atoms with Crippen LogP contribution in [0, 0.1) is 17.8 Å². The molecule has 1 aliphatic heterocycles. The molecule has 1 aliphatic rings. The number of thioether (sulfide) groups is 1. The molecule has 0 spiro atoms. The van der Waals surface area contributed by atoms with Crippen LogP contribution in [0.15, 0.2) is 0 Å². The number of hydrogen-bond donors (Lipinski definition) is 1. The second-order valence-corrected chi connectivity index (χ2v) is 3.56. The maximum Gasteiger partial charge on any atom is 0.0574 e. The van der Waals surface area contributed by atoms with Crippen molar-refractivity contribution in [1.82, 2.24) is 5.32 Å². The Labute approximate surface area is 67.0 Å². The standard InChI is InChI=1S/C8H13NS/c1-9-5-2-3-8-4-6-10-7-8/h8-9H,4-7H2,1H3. The van der Waals surface area contributed by atoms with Crippen LogP contribution in [-0.2, 0) is 0 Å². The van der Waals surface area contributed by atoms with Gasteiger partial charge in [-0.1, -0.05) is 11.8 Å². The number of rotatable bonds is 1. The van der Waals surface area contributed by atoms with Crippen molar-refractivity contribution in [2.24, 2.45) is 5.92 Å². The predicted octanol–water partition coefficient (Wildman–Crippen LogP) is 0.962. The zero-order chi connectivity index (χ0) is 7.23. The van der Waals surface area contributed by atoms with E-state index in [-0.39, 0.29) is 0 Å². The van der Waals surface area contributed by atoms with Crippen molar-refractivity contribution in [2.45, 2.75) is 6.42 Å². The highest BCUT2D eigenvalue weighted by Gasteiger charge is 2.11. The molecular weight excluding hydrogens is 142 g/mol. The number of hydrogen-bond acceptors (Lipinski definition) is 2. The molecule has 1 unspecified atom stereocenters. The maximum absolute atomic E-state index is 3.25. The molecule has 1 atom stereocenters. The van der Waals surface area contributed by atoms with E-state index in [4.69, 9.17) is 0 Å². The molecule has 1 rings (SSSR count). The van der Waals surface area contributed by atoms with Crippen LogP contribution in [0.4, 0.5) is 0 Å². The van der Waals surface area contributed by atoms with E-state index in [1.807, 2.05) is 18.8 Å². The van der Waals surface area contributed by atoms with Crippen LogP contribution in [0.5, 0.6) is 0 Å². The summed E-state index contributed by atoms with van der Waals surface area (Å²) in [6.07, 6.45) is 1.29. The molecular formula is C8H13NS. The summed E-state index contributed by atoms with van der Waals surface area (Å²) in [5.41, 5.74) is 0. The fourth-order valence-corrected chi connectivity index (χ4v) is 2.08. The monoisotopic (exact) mass is 155 g/mol. The van der Waals surface area contributed by atoms with Crippen molar-refractivity contribution >= 4 is 11.8 Å². The van der Waals surface area contributed by atoms with Gasteiger partial charge in [0, 0.05) is 11.7 Å². The first-order chi connectivity index (χ1) is 4.93. The van der Waals surface area contributed by atoms with E-state index in [0.29, 0.717) is 5.92 Å². The topological polar surface area (TPSA) is 12.0 Å². The summed E-state index contributed by atoms with van der Waals surface area (Å²) in [6, 6.07) is 0. The Bertz CT molecular complexity index is 139. The van der Waals surface area contributed by atoms with Gasteiger partial charge in [0.1, 0.15) is 0 Å². The Morgan fingerprint density at radius 2 is 2.60 bits per heavy atom. The lowest BCUT2D eigenvalue weighted by Crippen LogP contribution is -2.05. The van der Waals surface area contributed by atoms with Gasteiger partial charge in [-0.3, -0.25) is 0 Å². The van der Waals surface area contributed by atoms with E-state index in [0.717, 1.165) is 6.54 Å². The molecule has 0 bridgehead atoms. The SMILES string of the molecule is CNCC#CC1CCSC1. The third kappa shape index (κ3) is 2.64. The van der Waals surface area contributed by atoms with E-state index in [9.17, 15) is 0 Å². The molecule has 0 amide bonds. The van der Waals surface area contributed by atoms with Crippen LogP contribution < -0.4 is 5.32 Å². The normalized spacial score (nSPS) is 23.9. The van der Waals surface area contributed by atoms with Gasteiger partial charge in [0.2, 0.25) is 0 Å². The highest BCUT2D eigenvalue weighted by atomic mass is 32.2. The molecule has 56 valence electrons. The molecule has 0 aliphatic carbocycles. The largest absolute Gasteiger partial charge is 0.309 e. The van der Waals surface area contributed by atoms with Gasteiger partial charge in [-0.15, -0.1) is 0 Å². The van der Waals surface area contributed by atoms with E-state index < -0.39 is 0 Å². The van der Waals surface area contributed by atoms with Crippen molar-refractivity contribution < 1.29 is 0 Å². The average molecular weight is 155 g/mol. The molecule has 1 fully saturated rings. The second kappa shape index (κ2) is 4.65. The van der Waals surface area contributed by atoms with Crippen LogP contribution in [0.3, 0.4) is 0 Å². The minimum absolute atomic E-state index is 0.679. The molecule has 1 heterocycles. The summed E-state index contributed by atoms with van der Waals surface area (Å²) < 4.78 is 0. The lowest BCUT2D eigenvalue weighted by atomic mass is 10.1. The molecule has 1 saturated heterocycles. The van der Waals surface area contributed by atoms with Crippen molar-refractivity contribution in [2.75, 3.05) is 25.1 Å². The first-order valence-electron chi connectivity index (χ1n) is 3.64. The summed E-state index contributed by atoms with van der Waals surface area (Å²) in [4.78, 5) is 0. The molecule has 1 N–H and O–H groups in total. The zero-order valence-corrected chi connectivity index (χ0v) is 7.13. The molecule has 0 aromatic rings. The van der Waals surface area contributed by atoms with Gasteiger partial charge in [0.05, 0.1) is 6.54 Å². The van der Waals surface area contributed by atoms with Crippen LogP contribution in [0.1, 0.15) is 6.42 Å². The lowest BCUT2D eigenvalue weighted by molar-refractivity contribution is 0.773. The van der Waals surface area contributed by atoms with E-state index in [1.54, 1.807) is 0 Å². The van der Waals surface area contributed by atoms with Crippen molar-refractivity contribution in [3.05, 3.63) is 0 Å². The molecule has 0 aromatic carbocycles. The van der Waals surface area contributed by atoms with Gasteiger partial charge in [-0.05, 0) is 19.2 Å². The molecule has 0 aromatic heterocycles. The van der Waals surface area contributed by atoms with Gasteiger partial charge in [-0.25, -0.2) is 0 Å². The summed E-state index contributed by atoms with van der Waals surface area (Å²) >= 11 is 2.02. The first kappa shape index (κ1) is 7.97. The fraction of sp³-hybridized carbons (Fsp3) is 0.750. The van der Waals surface area contributed by atoms with Crippen LogP contribution in [0.25, 0.3) is 0 Å². The van der Waals surface area contributed by atoms with E-state index in [2.05, 4.69) is 17.2 Å². The lowest BCUT2D eigenvalue weighted by Gasteiger charge is -1.93. The number of nitrogens with one attached hydrogen (secondary N) is 1. The Hall–Kier alpha value is -0.130. The van der Waals surface area contributed by atoms with Crippen LogP contribution in [0.2, 0.25) is 0 Å². The van der Waals surface area contributed by atoms with Gasteiger partial charge in [0.15, 0.2) is 0 Å². The zero-order valence-electron chi connectivity index (χ0n) is 6.31. The summed E-state index contributed by atoms with van der Waals surface area (Å²) in [7, 11) is 1.93. The van der Waals surface area contributed by atoms with Gasteiger partial charge in [0.25, 0.3) is 0 Å². The minimum atomic E-state index is 0.679. The average Bonchev–Trinajstić information content (AvgIpc) is 2.41. The summed E-state index contributed by atoms with van der Waals surface area (Å²) in [6.45, 7) is 0.834. The second-order valence-electron chi connectivity index (χ2n) is 2.41. The van der Waals surface area contributed by atoms with Crippen molar-refractivity contribution in [1.29, 1.82) is 0 Å². The fourth-order valence-electron chi connectivity index (χ4n) is 0.932. The van der Waals surface area contributed by atoms with Gasteiger partial charge < -0.3 is 5.32 Å². The van der Waals surface area contributed by atoms with Gasteiger partial charge in [-0.2, -0.15) is 11.8 Å². The highest BCUT2D eigenvalue weighted by Crippen LogP contribution is 2.22. The third-order valence-electron chi connectivity index (χ3n) is 1.50. The molecule has 1 nitrogen and oxygen atoms in total. The van der Waals surface area contributed by atoms with Crippen LogP contribution >= 0.6 is 11.8 Å². The first-order valence-corrected chi connectivity index (χ1v) is 4.79. The molecule has 10 heavy (non-hydrogen) atoms. The third-order valence-corrected chi connectivity index (χ3v) is 2.66. The molecule has 2 heteroatoms. The van der Waals surface area contributed by atoms with Crippen molar-refractivity contribution in [3.8, 4) is 11.8 Å². The molecule has 0 radical (unpaired) electrons. The Morgan fingerprint density at radius 1 is 1.70 bits per heavy atom. The van der Waals surface area contributed by atoms with Gasteiger partial charge >= 0.3 is 0 Å². The van der Waals surface area contributed by atoms with E-state index in [1.165, 1.54) is 17.9 Å². The smallest absolute Gasteiger partial charge is 0.0574 e. The maximum atomic E-state index is 3.25. The van der Waals surface area contributed by atoms with E-state index >= 15 is 0 Å². The quantitative estimate of drug-likeness (QED) is 0.566. The summed E-state index contributed by atoms with van der Waals surface area (Å²) in [5.74, 6) is 9.58.